The summed E-state index contributed by atoms with van der Waals surface area (Å²) < 4.78 is 7.02. The Morgan fingerprint density at radius 2 is 0.736 bits per heavy atom. The lowest BCUT2D eigenvalue weighted by molar-refractivity contribution is 1.01. The van der Waals surface area contributed by atoms with E-state index in [0.29, 0.717) is 5.95 Å². The Balaban J connectivity index is 1.18. The van der Waals surface area contributed by atoms with Gasteiger partial charge >= 0.3 is 0 Å². The molecule has 0 radical (unpaired) electrons. The van der Waals surface area contributed by atoms with Crippen molar-refractivity contribution in [3.8, 4) is 17.3 Å². The van der Waals surface area contributed by atoms with Gasteiger partial charge in [-0.05, 0) is 66.0 Å². The highest BCUT2D eigenvalue weighted by atomic mass is 15.2. The molecule has 53 heavy (non-hydrogen) atoms. The predicted octanol–water partition coefficient (Wildman–Crippen LogP) is 12.1. The lowest BCUT2D eigenvalue weighted by atomic mass is 10.1. The molecule has 0 atom stereocenters. The molecule has 4 aromatic heterocycles. The van der Waals surface area contributed by atoms with Crippen LogP contribution in [0.5, 0.6) is 0 Å². The summed E-state index contributed by atoms with van der Waals surface area (Å²) >= 11 is 0. The molecule has 12 rings (SSSR count). The Morgan fingerprint density at radius 3 is 1.25 bits per heavy atom. The van der Waals surface area contributed by atoms with E-state index in [-0.39, 0.29) is 0 Å². The normalized spacial score (nSPS) is 12.2. The Bertz CT molecular complexity index is 3190. The standard InChI is InChI=1S/C48H29N5/c1-2-12-34-30(11-1)21-22-31-29-49-48(50-47(31)34)53-45-25-23-32(51-41-17-7-3-13-35(41)36-14-4-8-18-42(36)51)27-39(45)40-28-33(24-26-46(40)53)52-43-19-9-5-15-37(43)38-16-6-10-20-44(38)52/h1-29H. The molecule has 0 bridgehead atoms. The van der Waals surface area contributed by atoms with Crippen molar-refractivity contribution in [1.29, 1.82) is 0 Å². The Hall–Kier alpha value is -7.24. The van der Waals surface area contributed by atoms with Crippen LogP contribution in [0.15, 0.2) is 176 Å². The second-order valence-electron chi connectivity index (χ2n) is 13.9. The van der Waals surface area contributed by atoms with E-state index >= 15 is 0 Å². The van der Waals surface area contributed by atoms with Gasteiger partial charge in [0, 0.05) is 60.7 Å². The number of para-hydroxylation sites is 4. The van der Waals surface area contributed by atoms with Gasteiger partial charge in [0.25, 0.3) is 0 Å². The third kappa shape index (κ3) is 3.96. The van der Waals surface area contributed by atoms with Crippen LogP contribution >= 0.6 is 0 Å². The number of fused-ring (bicyclic) bond motifs is 12. The van der Waals surface area contributed by atoms with E-state index in [2.05, 4.69) is 184 Å². The van der Waals surface area contributed by atoms with Crippen molar-refractivity contribution in [3.05, 3.63) is 176 Å². The summed E-state index contributed by atoms with van der Waals surface area (Å²) in [5.74, 6) is 0.656. The number of aromatic nitrogens is 5. The Morgan fingerprint density at radius 1 is 0.321 bits per heavy atom. The minimum absolute atomic E-state index is 0.656. The highest BCUT2D eigenvalue weighted by Gasteiger charge is 2.20. The van der Waals surface area contributed by atoms with Crippen LogP contribution in [0.4, 0.5) is 0 Å². The zero-order valence-corrected chi connectivity index (χ0v) is 28.5. The molecule has 0 unspecified atom stereocenters. The third-order valence-electron chi connectivity index (χ3n) is 11.1. The van der Waals surface area contributed by atoms with Gasteiger partial charge in [-0.15, -0.1) is 0 Å². The predicted molar refractivity (Wildman–Crippen MR) is 220 cm³/mol. The second kappa shape index (κ2) is 10.6. The van der Waals surface area contributed by atoms with E-state index < -0.39 is 0 Å². The van der Waals surface area contributed by atoms with Gasteiger partial charge in [-0.25, -0.2) is 9.97 Å². The monoisotopic (exact) mass is 675 g/mol. The molecule has 0 N–H and O–H groups in total. The van der Waals surface area contributed by atoms with Crippen molar-refractivity contribution in [2.24, 2.45) is 0 Å². The molecule has 5 heteroatoms. The fraction of sp³-hybridized carbons (Fsp3) is 0. The molecule has 0 saturated carbocycles. The minimum Gasteiger partial charge on any atom is -0.309 e. The van der Waals surface area contributed by atoms with Gasteiger partial charge < -0.3 is 9.13 Å². The minimum atomic E-state index is 0.656. The first kappa shape index (κ1) is 28.5. The number of nitrogens with zero attached hydrogens (tertiary/aromatic N) is 5. The van der Waals surface area contributed by atoms with Crippen molar-refractivity contribution >= 4 is 87.1 Å². The fourth-order valence-corrected chi connectivity index (χ4v) is 8.76. The molecular weight excluding hydrogens is 647 g/mol. The van der Waals surface area contributed by atoms with Crippen molar-refractivity contribution < 1.29 is 0 Å². The lowest BCUT2D eigenvalue weighted by Gasteiger charge is -2.10. The highest BCUT2D eigenvalue weighted by molar-refractivity contribution is 6.14. The van der Waals surface area contributed by atoms with E-state index in [1.54, 1.807) is 0 Å². The maximum Gasteiger partial charge on any atom is 0.235 e. The summed E-state index contributed by atoms with van der Waals surface area (Å²) in [5.41, 5.74) is 10.0. The van der Waals surface area contributed by atoms with Crippen molar-refractivity contribution in [2.45, 2.75) is 0 Å². The molecule has 0 aliphatic heterocycles. The van der Waals surface area contributed by atoms with E-state index in [1.165, 1.54) is 49.0 Å². The van der Waals surface area contributed by atoms with Gasteiger partial charge in [0.2, 0.25) is 5.95 Å². The van der Waals surface area contributed by atoms with Crippen molar-refractivity contribution in [1.82, 2.24) is 23.7 Å². The van der Waals surface area contributed by atoms with E-state index in [1.807, 2.05) is 6.20 Å². The van der Waals surface area contributed by atoms with E-state index in [0.717, 1.165) is 49.5 Å². The molecule has 8 aromatic carbocycles. The molecule has 246 valence electrons. The molecule has 0 fully saturated rings. The fourth-order valence-electron chi connectivity index (χ4n) is 8.76. The number of hydrogen-bond acceptors (Lipinski definition) is 2. The van der Waals surface area contributed by atoms with Gasteiger partial charge in [-0.2, -0.15) is 0 Å². The summed E-state index contributed by atoms with van der Waals surface area (Å²) in [7, 11) is 0. The van der Waals surface area contributed by atoms with Crippen LogP contribution in [0.2, 0.25) is 0 Å². The number of benzene rings is 8. The maximum absolute atomic E-state index is 5.30. The highest BCUT2D eigenvalue weighted by Crippen LogP contribution is 2.39. The molecule has 0 aliphatic rings. The van der Waals surface area contributed by atoms with Crippen LogP contribution in [-0.4, -0.2) is 23.7 Å². The first-order valence-corrected chi connectivity index (χ1v) is 18.0. The van der Waals surface area contributed by atoms with Crippen molar-refractivity contribution in [2.75, 3.05) is 0 Å². The number of rotatable bonds is 3. The van der Waals surface area contributed by atoms with Gasteiger partial charge in [-0.1, -0.05) is 109 Å². The van der Waals surface area contributed by atoms with Crippen LogP contribution in [0.1, 0.15) is 0 Å². The van der Waals surface area contributed by atoms with E-state index in [9.17, 15) is 0 Å². The Kier molecular flexibility index (Phi) is 5.71. The Labute approximate surface area is 303 Å². The molecule has 0 saturated heterocycles. The first-order valence-electron chi connectivity index (χ1n) is 18.0. The topological polar surface area (TPSA) is 40.6 Å². The summed E-state index contributed by atoms with van der Waals surface area (Å²) in [5, 5.41) is 10.6. The van der Waals surface area contributed by atoms with Gasteiger partial charge in [0.05, 0.1) is 38.6 Å². The van der Waals surface area contributed by atoms with Gasteiger partial charge in [0.15, 0.2) is 0 Å². The SMILES string of the molecule is c1ccc2c(c1)ccc1cnc(-n3c4ccc(-n5c6ccccc6c6ccccc65)cc4c4cc(-n5c6ccccc6c6ccccc65)ccc43)nc12. The summed E-state index contributed by atoms with van der Waals surface area (Å²) in [6.07, 6.45) is 1.96. The number of hydrogen-bond donors (Lipinski definition) is 0. The quantitative estimate of drug-likeness (QED) is 0.175. The average molecular weight is 676 g/mol. The average Bonchev–Trinajstić information content (AvgIpc) is 3.86. The van der Waals surface area contributed by atoms with Gasteiger partial charge in [-0.3, -0.25) is 4.57 Å². The van der Waals surface area contributed by atoms with Crippen LogP contribution in [0.3, 0.4) is 0 Å². The molecule has 5 nitrogen and oxygen atoms in total. The smallest absolute Gasteiger partial charge is 0.235 e. The molecular formula is C48H29N5. The molecule has 12 aromatic rings. The van der Waals surface area contributed by atoms with Crippen LogP contribution in [0, 0.1) is 0 Å². The summed E-state index contributed by atoms with van der Waals surface area (Å²) in [6, 6.07) is 61.1. The molecule has 4 heterocycles. The zero-order valence-electron chi connectivity index (χ0n) is 28.5. The molecule has 0 aliphatic carbocycles. The van der Waals surface area contributed by atoms with E-state index in [4.69, 9.17) is 9.97 Å². The molecule has 0 amide bonds. The second-order valence-corrected chi connectivity index (χ2v) is 13.9. The largest absolute Gasteiger partial charge is 0.309 e. The van der Waals surface area contributed by atoms with Gasteiger partial charge in [0.1, 0.15) is 0 Å². The lowest BCUT2D eigenvalue weighted by Crippen LogP contribution is -2.02. The van der Waals surface area contributed by atoms with Crippen molar-refractivity contribution in [3.63, 3.8) is 0 Å². The first-order chi connectivity index (χ1) is 26.3. The maximum atomic E-state index is 5.30. The van der Waals surface area contributed by atoms with Crippen LogP contribution < -0.4 is 0 Å². The summed E-state index contributed by atoms with van der Waals surface area (Å²) in [6.45, 7) is 0. The molecule has 0 spiro atoms. The summed E-state index contributed by atoms with van der Waals surface area (Å²) in [4.78, 5) is 10.3. The van der Waals surface area contributed by atoms with Crippen LogP contribution in [-0.2, 0) is 0 Å². The zero-order chi connectivity index (χ0) is 34.6. The third-order valence-corrected chi connectivity index (χ3v) is 11.1. The van der Waals surface area contributed by atoms with Crippen LogP contribution in [0.25, 0.3) is 104 Å².